The van der Waals surface area contributed by atoms with E-state index in [4.69, 9.17) is 10.5 Å². The van der Waals surface area contributed by atoms with Gasteiger partial charge in [-0.25, -0.2) is 9.97 Å². The average molecular weight is 304 g/mol. The summed E-state index contributed by atoms with van der Waals surface area (Å²) in [6.07, 6.45) is 1.63. The number of nitrogens with two attached hydrogens (primary N) is 1. The molecule has 0 amide bonds. The molecular weight excluding hydrogens is 288 g/mol. The highest BCUT2D eigenvalue weighted by atomic mass is 16.5. The Morgan fingerprint density at radius 2 is 2.00 bits per heavy atom. The van der Waals surface area contributed by atoms with Crippen LogP contribution in [0.15, 0.2) is 48.7 Å². The zero-order valence-electron chi connectivity index (χ0n) is 12.7. The summed E-state index contributed by atoms with van der Waals surface area (Å²) in [6.45, 7) is 0.545. The maximum Gasteiger partial charge on any atom is 0.232 e. The molecule has 3 N–H and O–H groups in total. The fraction of sp³-hybridized carbons (Fsp3) is 0.111. The molecule has 0 bridgehead atoms. The van der Waals surface area contributed by atoms with Gasteiger partial charge in [0.05, 0.1) is 24.3 Å². The van der Waals surface area contributed by atoms with Crippen LogP contribution in [0.25, 0.3) is 33.2 Å². The quantitative estimate of drug-likeness (QED) is 0.609. The minimum Gasteiger partial charge on any atom is -0.480 e. The molecule has 0 unspecified atom stereocenters. The first-order valence-corrected chi connectivity index (χ1v) is 7.40. The molecule has 0 spiro atoms. The van der Waals surface area contributed by atoms with Crippen molar-refractivity contribution >= 4 is 21.9 Å². The second kappa shape index (κ2) is 5.37. The molecule has 114 valence electrons. The normalized spacial score (nSPS) is 11.2. The predicted octanol–water partition coefficient (Wildman–Crippen LogP) is 3.25. The zero-order chi connectivity index (χ0) is 15.8. The Balaban J connectivity index is 1.81. The highest BCUT2D eigenvalue weighted by Crippen LogP contribution is 2.27. The summed E-state index contributed by atoms with van der Waals surface area (Å²) in [5.74, 6) is 0.519. The second-order valence-electron chi connectivity index (χ2n) is 5.42. The Bertz CT molecular complexity index is 1010. The number of hydrogen-bond donors (Lipinski definition) is 2. The van der Waals surface area contributed by atoms with E-state index in [1.165, 1.54) is 0 Å². The third-order valence-electron chi connectivity index (χ3n) is 3.96. The average Bonchev–Trinajstić information content (AvgIpc) is 3.03. The number of H-pyrrole nitrogens is 1. The van der Waals surface area contributed by atoms with E-state index in [0.29, 0.717) is 12.4 Å². The summed E-state index contributed by atoms with van der Waals surface area (Å²) in [5, 5.41) is 1.16. The lowest BCUT2D eigenvalue weighted by molar-refractivity contribution is 0.397. The molecular formula is C18H16N4O. The van der Waals surface area contributed by atoms with Crippen molar-refractivity contribution in [2.45, 2.75) is 6.54 Å². The molecule has 2 heterocycles. The number of methoxy groups -OCH3 is 1. The fourth-order valence-corrected chi connectivity index (χ4v) is 2.72. The van der Waals surface area contributed by atoms with E-state index in [0.717, 1.165) is 38.8 Å². The number of fused-ring (bicyclic) bond motifs is 2. The van der Waals surface area contributed by atoms with Crippen LogP contribution >= 0.6 is 0 Å². The molecule has 2 aromatic heterocycles. The van der Waals surface area contributed by atoms with Gasteiger partial charge < -0.3 is 15.5 Å². The molecule has 4 rings (SSSR count). The number of nitrogens with zero attached hydrogens (tertiary/aromatic N) is 2. The Hall–Kier alpha value is -2.92. The molecule has 23 heavy (non-hydrogen) atoms. The van der Waals surface area contributed by atoms with Gasteiger partial charge in [0.2, 0.25) is 5.88 Å². The molecule has 4 aromatic rings. The van der Waals surface area contributed by atoms with Gasteiger partial charge in [-0.2, -0.15) is 0 Å². The number of ether oxygens (including phenoxy) is 1. The molecule has 0 aliphatic rings. The Kier molecular flexibility index (Phi) is 3.20. The van der Waals surface area contributed by atoms with Crippen LogP contribution in [-0.2, 0) is 6.54 Å². The number of benzene rings is 2. The lowest BCUT2D eigenvalue weighted by Crippen LogP contribution is -1.94. The van der Waals surface area contributed by atoms with Crippen molar-refractivity contribution in [2.24, 2.45) is 5.73 Å². The van der Waals surface area contributed by atoms with E-state index in [2.05, 4.69) is 33.2 Å². The first kappa shape index (κ1) is 13.7. The second-order valence-corrected chi connectivity index (χ2v) is 5.42. The van der Waals surface area contributed by atoms with Crippen LogP contribution in [0.1, 0.15) is 5.56 Å². The third-order valence-corrected chi connectivity index (χ3v) is 3.96. The molecule has 0 atom stereocenters. The van der Waals surface area contributed by atoms with Crippen molar-refractivity contribution in [1.29, 1.82) is 0 Å². The summed E-state index contributed by atoms with van der Waals surface area (Å²) in [7, 11) is 1.59. The smallest absolute Gasteiger partial charge is 0.232 e. The van der Waals surface area contributed by atoms with Gasteiger partial charge in [0.15, 0.2) is 0 Å². The SMILES string of the molecule is COc1cnc2cc(-c3cc4cc(CN)ccc4[nH]3)ccc2n1. The van der Waals surface area contributed by atoms with Gasteiger partial charge in [-0.15, -0.1) is 0 Å². The van der Waals surface area contributed by atoms with Crippen LogP contribution in [0.5, 0.6) is 5.88 Å². The predicted molar refractivity (Wildman–Crippen MR) is 91.3 cm³/mol. The van der Waals surface area contributed by atoms with Gasteiger partial charge in [0.1, 0.15) is 0 Å². The van der Waals surface area contributed by atoms with Gasteiger partial charge >= 0.3 is 0 Å². The molecule has 0 aliphatic heterocycles. The Morgan fingerprint density at radius 3 is 2.83 bits per heavy atom. The van der Waals surface area contributed by atoms with Crippen LogP contribution < -0.4 is 10.5 Å². The summed E-state index contributed by atoms with van der Waals surface area (Å²) >= 11 is 0. The van der Waals surface area contributed by atoms with Crippen LogP contribution in [0.4, 0.5) is 0 Å². The maximum absolute atomic E-state index is 5.71. The minimum atomic E-state index is 0.519. The standard InChI is InChI=1S/C18H16N4O/c1-23-18-10-20-17-7-12(3-5-15(17)22-18)16-8-13-6-11(9-19)2-4-14(13)21-16/h2-8,10,21H,9,19H2,1H3. The van der Waals surface area contributed by atoms with Crippen molar-refractivity contribution in [3.05, 3.63) is 54.2 Å². The summed E-state index contributed by atoms with van der Waals surface area (Å²) in [6, 6.07) is 14.4. The van der Waals surface area contributed by atoms with E-state index >= 15 is 0 Å². The van der Waals surface area contributed by atoms with Crippen molar-refractivity contribution in [2.75, 3.05) is 7.11 Å². The van der Waals surface area contributed by atoms with Gasteiger partial charge in [-0.1, -0.05) is 12.1 Å². The van der Waals surface area contributed by atoms with Crippen LogP contribution in [0, 0.1) is 0 Å². The first-order chi connectivity index (χ1) is 11.3. The maximum atomic E-state index is 5.71. The Labute approximate surface area is 133 Å². The fourth-order valence-electron chi connectivity index (χ4n) is 2.72. The molecule has 5 heteroatoms. The summed E-state index contributed by atoms with van der Waals surface area (Å²) < 4.78 is 5.11. The largest absolute Gasteiger partial charge is 0.480 e. The molecule has 0 saturated carbocycles. The highest BCUT2D eigenvalue weighted by molar-refractivity contribution is 5.88. The van der Waals surface area contributed by atoms with E-state index < -0.39 is 0 Å². The zero-order valence-corrected chi connectivity index (χ0v) is 12.7. The lowest BCUT2D eigenvalue weighted by atomic mass is 10.1. The number of hydrogen-bond acceptors (Lipinski definition) is 4. The first-order valence-electron chi connectivity index (χ1n) is 7.40. The summed E-state index contributed by atoms with van der Waals surface area (Å²) in [4.78, 5) is 12.2. The van der Waals surface area contributed by atoms with E-state index in [9.17, 15) is 0 Å². The molecule has 0 saturated heterocycles. The molecule has 5 nitrogen and oxygen atoms in total. The molecule has 0 fully saturated rings. The molecule has 2 aromatic carbocycles. The van der Waals surface area contributed by atoms with E-state index in [1.807, 2.05) is 24.3 Å². The third kappa shape index (κ3) is 2.41. The van der Waals surface area contributed by atoms with Crippen molar-refractivity contribution in [3.63, 3.8) is 0 Å². The number of aromatic amines is 1. The van der Waals surface area contributed by atoms with E-state index in [-0.39, 0.29) is 0 Å². The lowest BCUT2D eigenvalue weighted by Gasteiger charge is -2.03. The van der Waals surface area contributed by atoms with Crippen LogP contribution in [0.3, 0.4) is 0 Å². The summed E-state index contributed by atoms with van der Waals surface area (Å²) in [5.41, 5.74) is 11.7. The number of rotatable bonds is 3. The van der Waals surface area contributed by atoms with Crippen molar-refractivity contribution in [1.82, 2.24) is 15.0 Å². The van der Waals surface area contributed by atoms with Crippen molar-refractivity contribution in [3.8, 4) is 17.1 Å². The molecule has 0 radical (unpaired) electrons. The van der Waals surface area contributed by atoms with Crippen LogP contribution in [-0.4, -0.2) is 22.1 Å². The van der Waals surface area contributed by atoms with Gasteiger partial charge in [0.25, 0.3) is 0 Å². The highest BCUT2D eigenvalue weighted by Gasteiger charge is 2.07. The van der Waals surface area contributed by atoms with Gasteiger partial charge in [0, 0.05) is 28.7 Å². The monoisotopic (exact) mass is 304 g/mol. The number of aromatic nitrogens is 3. The van der Waals surface area contributed by atoms with Gasteiger partial charge in [-0.3, -0.25) is 0 Å². The van der Waals surface area contributed by atoms with Gasteiger partial charge in [-0.05, 0) is 35.9 Å². The number of nitrogens with one attached hydrogen (secondary N) is 1. The van der Waals surface area contributed by atoms with Crippen LogP contribution in [0.2, 0.25) is 0 Å². The minimum absolute atomic E-state index is 0.519. The topological polar surface area (TPSA) is 76.8 Å². The van der Waals surface area contributed by atoms with Crippen molar-refractivity contribution < 1.29 is 4.74 Å². The molecule has 0 aliphatic carbocycles. The van der Waals surface area contributed by atoms with E-state index in [1.54, 1.807) is 13.3 Å². The Morgan fingerprint density at radius 1 is 1.09 bits per heavy atom.